The van der Waals surface area contributed by atoms with Gasteiger partial charge in [-0.2, -0.15) is 0 Å². The summed E-state index contributed by atoms with van der Waals surface area (Å²) < 4.78 is 0. The Hall–Kier alpha value is -1.72. The molecule has 0 saturated heterocycles. The molecule has 0 bridgehead atoms. The number of nitrogens with zero attached hydrogens (tertiary/aromatic N) is 1. The lowest BCUT2D eigenvalue weighted by molar-refractivity contribution is -0.114. The van der Waals surface area contributed by atoms with Crippen LogP contribution in [0.15, 0.2) is 29.6 Å². The molecule has 2 aromatic rings. The molecule has 0 saturated carbocycles. The van der Waals surface area contributed by atoms with E-state index in [0.717, 1.165) is 34.9 Å². The summed E-state index contributed by atoms with van der Waals surface area (Å²) in [5.74, 6) is -0.0654. The molecule has 0 aliphatic rings. The molecule has 2 N–H and O–H groups in total. The highest BCUT2D eigenvalue weighted by Gasteiger charge is 2.10. The molecule has 1 aromatic carbocycles. The van der Waals surface area contributed by atoms with Crippen molar-refractivity contribution < 1.29 is 4.79 Å². The van der Waals surface area contributed by atoms with E-state index in [-0.39, 0.29) is 11.4 Å². The number of anilines is 1. The molecule has 0 aliphatic heterocycles. The van der Waals surface area contributed by atoms with Gasteiger partial charge in [0, 0.05) is 42.1 Å². The second kappa shape index (κ2) is 7.03. The summed E-state index contributed by atoms with van der Waals surface area (Å²) >= 11 is 1.68. The maximum Gasteiger partial charge on any atom is 0.221 e. The molecule has 118 valence electrons. The van der Waals surface area contributed by atoms with Gasteiger partial charge in [0.15, 0.2) is 0 Å². The van der Waals surface area contributed by atoms with Gasteiger partial charge in [-0.1, -0.05) is 12.1 Å². The van der Waals surface area contributed by atoms with Crippen LogP contribution in [0.1, 0.15) is 32.7 Å². The second-order valence-corrected chi connectivity index (χ2v) is 7.26. The first-order chi connectivity index (χ1) is 10.3. The molecule has 1 heterocycles. The molecule has 0 unspecified atom stereocenters. The number of thiazole rings is 1. The zero-order valence-electron chi connectivity index (χ0n) is 13.6. The number of amides is 1. The van der Waals surface area contributed by atoms with E-state index in [1.807, 2.05) is 24.3 Å². The Morgan fingerprint density at radius 1 is 1.32 bits per heavy atom. The van der Waals surface area contributed by atoms with Crippen LogP contribution in [0.5, 0.6) is 0 Å². The van der Waals surface area contributed by atoms with Crippen LogP contribution in [0.25, 0.3) is 11.3 Å². The summed E-state index contributed by atoms with van der Waals surface area (Å²) in [7, 11) is 0. The maximum absolute atomic E-state index is 11.1. The van der Waals surface area contributed by atoms with Crippen molar-refractivity contribution in [1.29, 1.82) is 0 Å². The maximum atomic E-state index is 11.1. The minimum absolute atomic E-state index is 0.0654. The van der Waals surface area contributed by atoms with Gasteiger partial charge in [-0.05, 0) is 32.9 Å². The molecule has 1 aromatic heterocycles. The van der Waals surface area contributed by atoms with E-state index in [1.54, 1.807) is 11.3 Å². The SMILES string of the molecule is CC(=O)Nc1cccc(-c2csc(CCNC(C)(C)C)n2)c1. The number of carbonyl (C=O) groups is 1. The van der Waals surface area contributed by atoms with Gasteiger partial charge in [-0.25, -0.2) is 4.98 Å². The summed E-state index contributed by atoms with van der Waals surface area (Å²) in [6.45, 7) is 8.91. The first-order valence-electron chi connectivity index (χ1n) is 7.41. The molecular formula is C17H23N3OS. The highest BCUT2D eigenvalue weighted by Crippen LogP contribution is 2.24. The molecule has 5 heteroatoms. The van der Waals surface area contributed by atoms with Crippen molar-refractivity contribution in [2.45, 2.75) is 39.7 Å². The van der Waals surface area contributed by atoms with E-state index >= 15 is 0 Å². The third kappa shape index (κ3) is 5.24. The second-order valence-electron chi connectivity index (χ2n) is 6.32. The fraction of sp³-hybridized carbons (Fsp3) is 0.412. The van der Waals surface area contributed by atoms with Crippen LogP contribution in [-0.2, 0) is 11.2 Å². The van der Waals surface area contributed by atoms with Gasteiger partial charge < -0.3 is 10.6 Å². The lowest BCUT2D eigenvalue weighted by Crippen LogP contribution is -2.37. The van der Waals surface area contributed by atoms with Crippen LogP contribution in [0.3, 0.4) is 0 Å². The van der Waals surface area contributed by atoms with Crippen molar-refractivity contribution in [3.63, 3.8) is 0 Å². The van der Waals surface area contributed by atoms with E-state index in [2.05, 4.69) is 41.8 Å². The van der Waals surface area contributed by atoms with E-state index in [9.17, 15) is 4.79 Å². The molecule has 0 radical (unpaired) electrons. The van der Waals surface area contributed by atoms with Crippen molar-refractivity contribution in [2.24, 2.45) is 0 Å². The number of carbonyl (C=O) groups excluding carboxylic acids is 1. The quantitative estimate of drug-likeness (QED) is 0.884. The molecule has 22 heavy (non-hydrogen) atoms. The summed E-state index contributed by atoms with van der Waals surface area (Å²) in [6, 6.07) is 7.78. The van der Waals surface area contributed by atoms with Crippen LogP contribution < -0.4 is 10.6 Å². The van der Waals surface area contributed by atoms with Gasteiger partial charge in [0.1, 0.15) is 0 Å². The van der Waals surface area contributed by atoms with Crippen molar-refractivity contribution in [1.82, 2.24) is 10.3 Å². The number of nitrogens with one attached hydrogen (secondary N) is 2. The molecule has 1 amide bonds. The average Bonchev–Trinajstić information content (AvgIpc) is 2.85. The Morgan fingerprint density at radius 2 is 2.09 bits per heavy atom. The highest BCUT2D eigenvalue weighted by atomic mass is 32.1. The Morgan fingerprint density at radius 3 is 2.77 bits per heavy atom. The van der Waals surface area contributed by atoms with Gasteiger partial charge in [0.2, 0.25) is 5.91 Å². The topological polar surface area (TPSA) is 54.0 Å². The fourth-order valence-corrected chi connectivity index (χ4v) is 2.87. The van der Waals surface area contributed by atoms with Gasteiger partial charge in [-0.3, -0.25) is 4.79 Å². The number of aromatic nitrogens is 1. The number of rotatable bonds is 5. The average molecular weight is 317 g/mol. The minimum atomic E-state index is -0.0654. The molecule has 0 fully saturated rings. The van der Waals surface area contributed by atoms with Crippen LogP contribution in [0, 0.1) is 0 Å². The lowest BCUT2D eigenvalue weighted by Gasteiger charge is -2.19. The third-order valence-electron chi connectivity index (χ3n) is 3.02. The van der Waals surface area contributed by atoms with E-state index in [4.69, 9.17) is 0 Å². The number of benzene rings is 1. The smallest absolute Gasteiger partial charge is 0.221 e. The Labute approximate surface area is 136 Å². The van der Waals surface area contributed by atoms with Gasteiger partial charge in [0.05, 0.1) is 10.7 Å². The van der Waals surface area contributed by atoms with Gasteiger partial charge >= 0.3 is 0 Å². The molecule has 0 atom stereocenters. The first-order valence-corrected chi connectivity index (χ1v) is 8.29. The highest BCUT2D eigenvalue weighted by molar-refractivity contribution is 7.09. The predicted octanol–water partition coefficient (Wildman–Crippen LogP) is 3.70. The zero-order valence-corrected chi connectivity index (χ0v) is 14.4. The predicted molar refractivity (Wildman–Crippen MR) is 93.3 cm³/mol. The normalized spacial score (nSPS) is 11.5. The Bertz CT molecular complexity index is 643. The molecule has 4 nitrogen and oxygen atoms in total. The zero-order chi connectivity index (χ0) is 16.2. The van der Waals surface area contributed by atoms with Crippen molar-refractivity contribution >= 4 is 22.9 Å². The van der Waals surface area contributed by atoms with E-state index in [0.29, 0.717) is 0 Å². The van der Waals surface area contributed by atoms with Crippen molar-refractivity contribution in [3.8, 4) is 11.3 Å². The van der Waals surface area contributed by atoms with Gasteiger partial charge in [-0.15, -0.1) is 11.3 Å². The minimum Gasteiger partial charge on any atom is -0.326 e. The Kier molecular flexibility index (Phi) is 5.32. The van der Waals surface area contributed by atoms with Crippen LogP contribution >= 0.6 is 11.3 Å². The van der Waals surface area contributed by atoms with Crippen molar-refractivity contribution in [2.75, 3.05) is 11.9 Å². The Balaban J connectivity index is 2.03. The summed E-state index contributed by atoms with van der Waals surface area (Å²) in [5, 5.41) is 9.46. The summed E-state index contributed by atoms with van der Waals surface area (Å²) in [6.07, 6.45) is 0.924. The van der Waals surface area contributed by atoms with Gasteiger partial charge in [0.25, 0.3) is 0 Å². The number of hydrogen-bond donors (Lipinski definition) is 2. The van der Waals surface area contributed by atoms with Crippen LogP contribution in [-0.4, -0.2) is 23.0 Å². The van der Waals surface area contributed by atoms with Crippen LogP contribution in [0.2, 0.25) is 0 Å². The van der Waals surface area contributed by atoms with Crippen LogP contribution in [0.4, 0.5) is 5.69 Å². The summed E-state index contributed by atoms with van der Waals surface area (Å²) in [5.41, 5.74) is 2.92. The fourth-order valence-electron chi connectivity index (χ4n) is 2.06. The molecule has 0 spiro atoms. The standard InChI is InChI=1S/C17H23N3OS/c1-12(21)19-14-7-5-6-13(10-14)15-11-22-16(20-15)8-9-18-17(2,3)4/h5-7,10-11,18H,8-9H2,1-4H3,(H,19,21). The molecule has 0 aliphatic carbocycles. The molecular weight excluding hydrogens is 294 g/mol. The lowest BCUT2D eigenvalue weighted by atomic mass is 10.1. The summed E-state index contributed by atoms with van der Waals surface area (Å²) in [4.78, 5) is 15.8. The third-order valence-corrected chi connectivity index (χ3v) is 3.93. The van der Waals surface area contributed by atoms with E-state index in [1.165, 1.54) is 6.92 Å². The largest absolute Gasteiger partial charge is 0.326 e. The monoisotopic (exact) mass is 317 g/mol. The van der Waals surface area contributed by atoms with Crippen molar-refractivity contribution in [3.05, 3.63) is 34.7 Å². The first kappa shape index (κ1) is 16.6. The molecule has 2 rings (SSSR count). The number of hydrogen-bond acceptors (Lipinski definition) is 4. The van der Waals surface area contributed by atoms with E-state index < -0.39 is 0 Å².